The lowest BCUT2D eigenvalue weighted by Gasteiger charge is -2.04. The molecule has 0 radical (unpaired) electrons. The second-order valence-corrected chi connectivity index (χ2v) is 10.8. The lowest BCUT2D eigenvalue weighted by Crippen LogP contribution is -1.85. The molecule has 0 aliphatic heterocycles. The highest BCUT2D eigenvalue weighted by Crippen LogP contribution is 2.16. The van der Waals surface area contributed by atoms with Crippen molar-refractivity contribution in [2.24, 2.45) is 0 Å². The van der Waals surface area contributed by atoms with Gasteiger partial charge in [0.1, 0.15) is 0 Å². The van der Waals surface area contributed by atoms with E-state index in [1.165, 1.54) is 161 Å². The summed E-state index contributed by atoms with van der Waals surface area (Å²) in [5.74, 6) is 0. The molecule has 0 atom stereocenters. The van der Waals surface area contributed by atoms with E-state index in [4.69, 9.17) is 0 Å². The van der Waals surface area contributed by atoms with Crippen molar-refractivity contribution in [1.82, 2.24) is 0 Å². The standard InChI is InChI=1S/C30H56S/c1-2-3-4-5-6-7-8-9-10-11-12-13-14-15-16-17-18-19-20-21-22-23-24-25-26-30-27-28-31-29-30/h27-29H,2-26H2,1H3. The van der Waals surface area contributed by atoms with E-state index >= 15 is 0 Å². The molecule has 1 heterocycles. The summed E-state index contributed by atoms with van der Waals surface area (Å²) in [5, 5.41) is 4.51. The van der Waals surface area contributed by atoms with Crippen LogP contribution in [0.1, 0.15) is 167 Å². The Morgan fingerprint density at radius 2 is 0.774 bits per heavy atom. The molecule has 1 heteroatoms. The number of hydrogen-bond acceptors (Lipinski definition) is 1. The molecule has 0 bridgehead atoms. The Labute approximate surface area is 201 Å². The summed E-state index contributed by atoms with van der Waals surface area (Å²) in [7, 11) is 0. The number of aryl methyl sites for hydroxylation is 1. The fraction of sp³-hybridized carbons (Fsp3) is 0.867. The fourth-order valence-electron chi connectivity index (χ4n) is 4.73. The quantitative estimate of drug-likeness (QED) is 0.130. The highest BCUT2D eigenvalue weighted by molar-refractivity contribution is 7.07. The summed E-state index contributed by atoms with van der Waals surface area (Å²) in [4.78, 5) is 0. The second kappa shape index (κ2) is 24.3. The van der Waals surface area contributed by atoms with Crippen LogP contribution >= 0.6 is 11.3 Å². The summed E-state index contributed by atoms with van der Waals surface area (Å²) in [6.07, 6.45) is 36.5. The van der Waals surface area contributed by atoms with Crippen molar-refractivity contribution in [2.45, 2.75) is 167 Å². The van der Waals surface area contributed by atoms with Gasteiger partial charge in [0.05, 0.1) is 0 Å². The first kappa shape index (κ1) is 28.7. The van der Waals surface area contributed by atoms with Gasteiger partial charge in [0.25, 0.3) is 0 Å². The minimum atomic E-state index is 1.29. The predicted octanol–water partition coefficient (Wildman–Crippen LogP) is 11.7. The van der Waals surface area contributed by atoms with Crippen LogP contribution in [0.3, 0.4) is 0 Å². The highest BCUT2D eigenvalue weighted by atomic mass is 32.1. The molecular formula is C30H56S. The Balaban J connectivity index is 1.62. The third kappa shape index (κ3) is 21.3. The molecule has 0 aliphatic carbocycles. The zero-order valence-corrected chi connectivity index (χ0v) is 22.1. The monoisotopic (exact) mass is 448 g/mol. The van der Waals surface area contributed by atoms with Crippen LogP contribution in [0, 0.1) is 0 Å². The van der Waals surface area contributed by atoms with E-state index in [9.17, 15) is 0 Å². The number of thiophene rings is 1. The van der Waals surface area contributed by atoms with Gasteiger partial charge in [-0.3, -0.25) is 0 Å². The molecule has 31 heavy (non-hydrogen) atoms. The molecule has 0 nitrogen and oxygen atoms in total. The Hall–Kier alpha value is -0.300. The van der Waals surface area contributed by atoms with Gasteiger partial charge in [-0.2, -0.15) is 11.3 Å². The Morgan fingerprint density at radius 1 is 0.452 bits per heavy atom. The van der Waals surface area contributed by atoms with Crippen molar-refractivity contribution >= 4 is 11.3 Å². The van der Waals surface area contributed by atoms with Crippen LogP contribution in [0.15, 0.2) is 16.8 Å². The lowest BCUT2D eigenvalue weighted by molar-refractivity contribution is 0.517. The van der Waals surface area contributed by atoms with Crippen molar-refractivity contribution < 1.29 is 0 Å². The number of unbranched alkanes of at least 4 members (excludes halogenated alkanes) is 23. The maximum Gasteiger partial charge on any atom is -0.00613 e. The summed E-state index contributed by atoms with van der Waals surface area (Å²) < 4.78 is 0. The zero-order valence-electron chi connectivity index (χ0n) is 21.3. The topological polar surface area (TPSA) is 0 Å². The normalized spacial score (nSPS) is 11.4. The largest absolute Gasteiger partial charge is 0.152 e. The maximum atomic E-state index is 2.30. The third-order valence-electron chi connectivity index (χ3n) is 6.90. The van der Waals surface area contributed by atoms with E-state index in [1.807, 2.05) is 11.3 Å². The molecule has 0 aromatic carbocycles. The molecule has 1 aromatic heterocycles. The molecule has 0 amide bonds. The van der Waals surface area contributed by atoms with Crippen LogP contribution in [-0.2, 0) is 6.42 Å². The van der Waals surface area contributed by atoms with Gasteiger partial charge in [0.2, 0.25) is 0 Å². The van der Waals surface area contributed by atoms with Gasteiger partial charge < -0.3 is 0 Å². The molecular weight excluding hydrogens is 392 g/mol. The van der Waals surface area contributed by atoms with E-state index in [2.05, 4.69) is 23.8 Å². The van der Waals surface area contributed by atoms with Gasteiger partial charge >= 0.3 is 0 Å². The highest BCUT2D eigenvalue weighted by Gasteiger charge is 1.97. The van der Waals surface area contributed by atoms with Crippen molar-refractivity contribution in [1.29, 1.82) is 0 Å². The Kier molecular flexibility index (Phi) is 22.6. The van der Waals surface area contributed by atoms with Crippen molar-refractivity contribution in [3.05, 3.63) is 22.4 Å². The van der Waals surface area contributed by atoms with E-state index in [0.29, 0.717) is 0 Å². The summed E-state index contributed by atoms with van der Waals surface area (Å²) in [6.45, 7) is 2.30. The van der Waals surface area contributed by atoms with E-state index in [1.54, 1.807) is 5.56 Å². The molecule has 0 fully saturated rings. The smallest absolute Gasteiger partial charge is 0.00613 e. The van der Waals surface area contributed by atoms with Crippen molar-refractivity contribution in [2.75, 3.05) is 0 Å². The Morgan fingerprint density at radius 3 is 1.06 bits per heavy atom. The minimum Gasteiger partial charge on any atom is -0.152 e. The van der Waals surface area contributed by atoms with E-state index in [0.717, 1.165) is 0 Å². The van der Waals surface area contributed by atoms with Crippen molar-refractivity contribution in [3.8, 4) is 0 Å². The van der Waals surface area contributed by atoms with Crippen LogP contribution < -0.4 is 0 Å². The van der Waals surface area contributed by atoms with Gasteiger partial charge in [-0.25, -0.2) is 0 Å². The molecule has 0 saturated carbocycles. The summed E-state index contributed by atoms with van der Waals surface area (Å²) in [6, 6.07) is 2.28. The average Bonchev–Trinajstić information content (AvgIpc) is 3.30. The second-order valence-electron chi connectivity index (χ2n) is 10.0. The predicted molar refractivity (Wildman–Crippen MR) is 145 cm³/mol. The molecule has 0 N–H and O–H groups in total. The zero-order chi connectivity index (χ0) is 22.1. The van der Waals surface area contributed by atoms with Crippen molar-refractivity contribution in [3.63, 3.8) is 0 Å². The van der Waals surface area contributed by atoms with Gasteiger partial charge in [-0.15, -0.1) is 0 Å². The van der Waals surface area contributed by atoms with Crippen LogP contribution in [-0.4, -0.2) is 0 Å². The molecule has 0 unspecified atom stereocenters. The number of rotatable bonds is 25. The van der Waals surface area contributed by atoms with E-state index < -0.39 is 0 Å². The molecule has 0 spiro atoms. The van der Waals surface area contributed by atoms with Crippen LogP contribution in [0.5, 0.6) is 0 Å². The molecule has 1 aromatic rings. The Bertz CT molecular complexity index is 422. The van der Waals surface area contributed by atoms with E-state index in [-0.39, 0.29) is 0 Å². The lowest BCUT2D eigenvalue weighted by atomic mass is 10.0. The maximum absolute atomic E-state index is 2.30. The first-order valence-electron chi connectivity index (χ1n) is 14.4. The summed E-state index contributed by atoms with van der Waals surface area (Å²) in [5.41, 5.74) is 1.55. The molecule has 0 saturated heterocycles. The summed E-state index contributed by atoms with van der Waals surface area (Å²) >= 11 is 1.83. The minimum absolute atomic E-state index is 1.29. The fourth-order valence-corrected chi connectivity index (χ4v) is 5.43. The molecule has 182 valence electrons. The SMILES string of the molecule is CCCCCCCCCCCCCCCCCCCCCCCCCCc1ccsc1. The van der Waals surface area contributed by atoms with Crippen LogP contribution in [0.4, 0.5) is 0 Å². The number of hydrogen-bond donors (Lipinski definition) is 0. The molecule has 1 rings (SSSR count). The van der Waals surface area contributed by atoms with Crippen LogP contribution in [0.2, 0.25) is 0 Å². The average molecular weight is 449 g/mol. The third-order valence-corrected chi connectivity index (χ3v) is 7.63. The van der Waals surface area contributed by atoms with Gasteiger partial charge in [-0.1, -0.05) is 155 Å². The molecule has 0 aliphatic rings. The van der Waals surface area contributed by atoms with Gasteiger partial charge in [-0.05, 0) is 35.2 Å². The van der Waals surface area contributed by atoms with Crippen LogP contribution in [0.25, 0.3) is 0 Å². The first-order chi connectivity index (χ1) is 15.4. The van der Waals surface area contributed by atoms with Gasteiger partial charge in [0, 0.05) is 0 Å². The van der Waals surface area contributed by atoms with Gasteiger partial charge in [0.15, 0.2) is 0 Å². The first-order valence-corrected chi connectivity index (χ1v) is 15.4.